The van der Waals surface area contributed by atoms with Crippen LogP contribution in [0.25, 0.3) is 11.4 Å². The van der Waals surface area contributed by atoms with Gasteiger partial charge in [-0.25, -0.2) is 0 Å². The standard InChI is InChI=1S/C16H13ClN4O2/c17-13-3-1-11(2-4-13)15-20-14(23-21-15)7-10-19-16(22)12-5-8-18-9-6-12/h1-6,8-9H,7,10H2,(H,19,22). The van der Waals surface area contributed by atoms with E-state index in [2.05, 4.69) is 20.4 Å². The van der Waals surface area contributed by atoms with E-state index < -0.39 is 0 Å². The Balaban J connectivity index is 1.55. The maximum absolute atomic E-state index is 11.9. The summed E-state index contributed by atoms with van der Waals surface area (Å²) in [6, 6.07) is 10.5. The molecule has 0 unspecified atom stereocenters. The first kappa shape index (κ1) is 15.2. The molecule has 0 radical (unpaired) electrons. The molecule has 0 saturated heterocycles. The fourth-order valence-electron chi connectivity index (χ4n) is 1.96. The van der Waals surface area contributed by atoms with Crippen LogP contribution in [0, 0.1) is 0 Å². The van der Waals surface area contributed by atoms with Crippen molar-refractivity contribution in [2.75, 3.05) is 6.54 Å². The molecule has 0 aliphatic carbocycles. The van der Waals surface area contributed by atoms with Gasteiger partial charge in [-0.2, -0.15) is 4.98 Å². The summed E-state index contributed by atoms with van der Waals surface area (Å²) < 4.78 is 5.18. The topological polar surface area (TPSA) is 80.9 Å². The van der Waals surface area contributed by atoms with Gasteiger partial charge in [-0.3, -0.25) is 9.78 Å². The normalized spacial score (nSPS) is 10.5. The first-order valence-electron chi connectivity index (χ1n) is 6.99. The predicted molar refractivity (Wildman–Crippen MR) is 85.0 cm³/mol. The molecule has 2 aromatic heterocycles. The Morgan fingerprint density at radius 1 is 1.13 bits per heavy atom. The van der Waals surface area contributed by atoms with Gasteiger partial charge in [0.25, 0.3) is 5.91 Å². The fraction of sp³-hybridized carbons (Fsp3) is 0.125. The number of nitrogens with zero attached hydrogens (tertiary/aromatic N) is 3. The van der Waals surface area contributed by atoms with E-state index in [0.29, 0.717) is 35.3 Å². The van der Waals surface area contributed by atoms with E-state index in [4.69, 9.17) is 16.1 Å². The molecule has 0 spiro atoms. The van der Waals surface area contributed by atoms with E-state index in [1.165, 1.54) is 0 Å². The van der Waals surface area contributed by atoms with Gasteiger partial charge in [0.2, 0.25) is 11.7 Å². The van der Waals surface area contributed by atoms with Gasteiger partial charge in [-0.15, -0.1) is 0 Å². The quantitative estimate of drug-likeness (QED) is 0.779. The second-order valence-electron chi connectivity index (χ2n) is 4.76. The zero-order valence-corrected chi connectivity index (χ0v) is 12.8. The van der Waals surface area contributed by atoms with Gasteiger partial charge >= 0.3 is 0 Å². The zero-order chi connectivity index (χ0) is 16.1. The average Bonchev–Trinajstić information content (AvgIpc) is 3.05. The minimum Gasteiger partial charge on any atom is -0.352 e. The first-order valence-corrected chi connectivity index (χ1v) is 7.37. The Morgan fingerprint density at radius 2 is 1.87 bits per heavy atom. The third-order valence-corrected chi connectivity index (χ3v) is 3.39. The van der Waals surface area contributed by atoms with Gasteiger partial charge in [-0.1, -0.05) is 16.8 Å². The number of pyridine rings is 1. The van der Waals surface area contributed by atoms with Crippen LogP contribution < -0.4 is 5.32 Å². The molecule has 6 nitrogen and oxygen atoms in total. The van der Waals surface area contributed by atoms with Crippen LogP contribution in [0.1, 0.15) is 16.2 Å². The maximum Gasteiger partial charge on any atom is 0.251 e. The van der Waals surface area contributed by atoms with Gasteiger partial charge in [0.1, 0.15) is 0 Å². The fourth-order valence-corrected chi connectivity index (χ4v) is 2.09. The molecule has 0 fully saturated rings. The molecule has 1 amide bonds. The second kappa shape index (κ2) is 7.02. The smallest absolute Gasteiger partial charge is 0.251 e. The summed E-state index contributed by atoms with van der Waals surface area (Å²) in [6.07, 6.45) is 3.61. The van der Waals surface area contributed by atoms with Crippen LogP contribution in [-0.4, -0.2) is 27.6 Å². The van der Waals surface area contributed by atoms with Gasteiger partial charge in [0.05, 0.1) is 0 Å². The number of carbonyl (C=O) groups excluding carboxylic acids is 1. The number of nitrogens with one attached hydrogen (secondary N) is 1. The summed E-state index contributed by atoms with van der Waals surface area (Å²) in [4.78, 5) is 20.0. The van der Waals surface area contributed by atoms with Crippen molar-refractivity contribution >= 4 is 17.5 Å². The van der Waals surface area contributed by atoms with E-state index in [1.807, 2.05) is 12.1 Å². The van der Waals surface area contributed by atoms with Crippen molar-refractivity contribution in [1.82, 2.24) is 20.4 Å². The summed E-state index contributed by atoms with van der Waals surface area (Å²) in [5.74, 6) is 0.798. The summed E-state index contributed by atoms with van der Waals surface area (Å²) in [6.45, 7) is 0.406. The Labute approximate surface area is 137 Å². The molecule has 1 N–H and O–H groups in total. The molecule has 0 aliphatic rings. The number of halogens is 1. The molecule has 1 aromatic carbocycles. The van der Waals surface area contributed by atoms with E-state index >= 15 is 0 Å². The van der Waals surface area contributed by atoms with Gasteiger partial charge < -0.3 is 9.84 Å². The highest BCUT2D eigenvalue weighted by Gasteiger charge is 2.09. The van der Waals surface area contributed by atoms with Crippen LogP contribution in [-0.2, 0) is 6.42 Å². The van der Waals surface area contributed by atoms with Gasteiger partial charge in [-0.05, 0) is 36.4 Å². The summed E-state index contributed by atoms with van der Waals surface area (Å²) in [5.41, 5.74) is 1.39. The van der Waals surface area contributed by atoms with Crippen LogP contribution in [0.5, 0.6) is 0 Å². The molecule has 2 heterocycles. The summed E-state index contributed by atoms with van der Waals surface area (Å²) in [7, 11) is 0. The number of hydrogen-bond acceptors (Lipinski definition) is 5. The van der Waals surface area contributed by atoms with Crippen molar-refractivity contribution in [3.63, 3.8) is 0 Å². The van der Waals surface area contributed by atoms with Crippen molar-refractivity contribution < 1.29 is 9.32 Å². The molecule has 0 atom stereocenters. The highest BCUT2D eigenvalue weighted by Crippen LogP contribution is 2.18. The Morgan fingerprint density at radius 3 is 2.61 bits per heavy atom. The number of amides is 1. The molecule has 0 saturated carbocycles. The lowest BCUT2D eigenvalue weighted by Gasteiger charge is -2.02. The minimum atomic E-state index is -0.162. The number of benzene rings is 1. The molecular weight excluding hydrogens is 316 g/mol. The lowest BCUT2D eigenvalue weighted by molar-refractivity contribution is 0.0953. The number of rotatable bonds is 5. The third kappa shape index (κ3) is 3.92. The van der Waals surface area contributed by atoms with Crippen LogP contribution in [0.4, 0.5) is 0 Å². The predicted octanol–water partition coefficient (Wildman–Crippen LogP) is 2.76. The largest absolute Gasteiger partial charge is 0.352 e. The highest BCUT2D eigenvalue weighted by molar-refractivity contribution is 6.30. The third-order valence-electron chi connectivity index (χ3n) is 3.14. The van der Waals surface area contributed by atoms with Gasteiger partial charge in [0.15, 0.2) is 0 Å². The zero-order valence-electron chi connectivity index (χ0n) is 12.1. The Bertz CT molecular complexity index is 787. The number of carbonyl (C=O) groups is 1. The van der Waals surface area contributed by atoms with Gasteiger partial charge in [0, 0.05) is 41.5 Å². The second-order valence-corrected chi connectivity index (χ2v) is 5.20. The Kier molecular flexibility index (Phi) is 4.63. The van der Waals surface area contributed by atoms with Crippen molar-refractivity contribution in [1.29, 1.82) is 0 Å². The average molecular weight is 329 g/mol. The monoisotopic (exact) mass is 328 g/mol. The first-order chi connectivity index (χ1) is 11.2. The lowest BCUT2D eigenvalue weighted by Crippen LogP contribution is -2.25. The van der Waals surface area contributed by atoms with Crippen molar-refractivity contribution in [3.8, 4) is 11.4 Å². The molecule has 3 rings (SSSR count). The van der Waals surface area contributed by atoms with Crippen LogP contribution >= 0.6 is 11.6 Å². The van der Waals surface area contributed by atoms with Crippen LogP contribution in [0.2, 0.25) is 5.02 Å². The molecule has 23 heavy (non-hydrogen) atoms. The molecule has 0 bridgehead atoms. The van der Waals surface area contributed by atoms with Crippen LogP contribution in [0.3, 0.4) is 0 Å². The van der Waals surface area contributed by atoms with E-state index in [1.54, 1.807) is 36.7 Å². The number of hydrogen-bond donors (Lipinski definition) is 1. The summed E-state index contributed by atoms with van der Waals surface area (Å²) >= 11 is 5.84. The molecule has 3 aromatic rings. The van der Waals surface area contributed by atoms with E-state index in [-0.39, 0.29) is 5.91 Å². The minimum absolute atomic E-state index is 0.162. The maximum atomic E-state index is 11.9. The number of aromatic nitrogens is 3. The van der Waals surface area contributed by atoms with Crippen molar-refractivity contribution in [2.24, 2.45) is 0 Å². The SMILES string of the molecule is O=C(NCCc1nc(-c2ccc(Cl)cc2)no1)c1ccncc1. The van der Waals surface area contributed by atoms with Crippen molar-refractivity contribution in [3.05, 3.63) is 65.3 Å². The molecular formula is C16H13ClN4O2. The van der Waals surface area contributed by atoms with E-state index in [9.17, 15) is 4.79 Å². The highest BCUT2D eigenvalue weighted by atomic mass is 35.5. The van der Waals surface area contributed by atoms with E-state index in [0.717, 1.165) is 5.56 Å². The van der Waals surface area contributed by atoms with Crippen molar-refractivity contribution in [2.45, 2.75) is 6.42 Å². The summed E-state index contributed by atoms with van der Waals surface area (Å²) in [5, 5.41) is 7.36. The lowest BCUT2D eigenvalue weighted by atomic mass is 10.2. The Hall–Kier alpha value is -2.73. The van der Waals surface area contributed by atoms with Crippen LogP contribution in [0.15, 0.2) is 53.3 Å². The molecule has 0 aliphatic heterocycles. The molecule has 116 valence electrons. The molecule has 7 heteroatoms.